The fourth-order valence-corrected chi connectivity index (χ4v) is 3.71. The monoisotopic (exact) mass is 302 g/mol. The lowest BCUT2D eigenvalue weighted by molar-refractivity contribution is -0.117. The molecule has 2 atom stereocenters. The van der Waals surface area contributed by atoms with Crippen LogP contribution in [0.5, 0.6) is 0 Å². The average Bonchev–Trinajstić information content (AvgIpc) is 2.46. The Morgan fingerprint density at radius 1 is 1.14 bits per heavy atom. The van der Waals surface area contributed by atoms with Gasteiger partial charge in [-0.1, -0.05) is 45.9 Å². The van der Waals surface area contributed by atoms with Crippen molar-refractivity contribution in [2.45, 2.75) is 47.0 Å². The van der Waals surface area contributed by atoms with Crippen molar-refractivity contribution >= 4 is 11.6 Å². The molecule has 1 N–H and O–H groups in total. The Morgan fingerprint density at radius 2 is 1.68 bits per heavy atom. The molecule has 2 unspecified atom stereocenters. The van der Waals surface area contributed by atoms with Gasteiger partial charge in [0, 0.05) is 18.8 Å². The van der Waals surface area contributed by atoms with Gasteiger partial charge in [0.25, 0.3) is 0 Å². The average molecular weight is 302 g/mol. The Labute approximate surface area is 135 Å². The second-order valence-corrected chi connectivity index (χ2v) is 6.85. The van der Waals surface area contributed by atoms with Crippen LogP contribution in [0, 0.1) is 11.8 Å². The number of rotatable bonds is 5. The quantitative estimate of drug-likeness (QED) is 0.899. The maximum absolute atomic E-state index is 12.5. The molecule has 1 aromatic carbocycles. The Hall–Kier alpha value is -1.35. The molecule has 1 fully saturated rings. The lowest BCUT2D eigenvalue weighted by Gasteiger charge is -2.34. The number of piperidine rings is 1. The molecule has 3 nitrogen and oxygen atoms in total. The molecule has 1 amide bonds. The first-order valence-electron chi connectivity index (χ1n) is 8.66. The van der Waals surface area contributed by atoms with Crippen LogP contribution in [-0.4, -0.2) is 30.4 Å². The Bertz CT molecular complexity index is 480. The summed E-state index contributed by atoms with van der Waals surface area (Å²) < 4.78 is 0. The summed E-state index contributed by atoms with van der Waals surface area (Å²) in [5.74, 6) is 1.49. The highest BCUT2D eigenvalue weighted by atomic mass is 16.2. The third kappa shape index (κ3) is 4.33. The van der Waals surface area contributed by atoms with Crippen LogP contribution < -0.4 is 5.32 Å². The van der Waals surface area contributed by atoms with Crippen LogP contribution in [0.25, 0.3) is 0 Å². The summed E-state index contributed by atoms with van der Waals surface area (Å²) in [7, 11) is 0. The van der Waals surface area contributed by atoms with E-state index in [1.54, 1.807) is 0 Å². The number of hydrogen-bond acceptors (Lipinski definition) is 2. The largest absolute Gasteiger partial charge is 0.324 e. The normalized spacial score (nSPS) is 22.5. The number of anilines is 1. The molecule has 122 valence electrons. The Morgan fingerprint density at radius 3 is 2.18 bits per heavy atom. The van der Waals surface area contributed by atoms with E-state index >= 15 is 0 Å². The minimum atomic E-state index is 0.122. The van der Waals surface area contributed by atoms with Crippen LogP contribution in [0.1, 0.15) is 45.2 Å². The fraction of sp³-hybridized carbons (Fsp3) is 0.632. The number of benzene rings is 1. The van der Waals surface area contributed by atoms with E-state index in [0.717, 1.165) is 31.6 Å². The second-order valence-electron chi connectivity index (χ2n) is 6.85. The SMILES string of the molecule is CCc1cccc(CC)c1NC(=O)CN1CC(C)CC(C)C1. The summed E-state index contributed by atoms with van der Waals surface area (Å²) in [6.45, 7) is 11.4. The minimum absolute atomic E-state index is 0.122. The van der Waals surface area contributed by atoms with Gasteiger partial charge in [0.2, 0.25) is 5.91 Å². The zero-order valence-corrected chi connectivity index (χ0v) is 14.5. The van der Waals surface area contributed by atoms with Gasteiger partial charge in [-0.05, 0) is 42.2 Å². The van der Waals surface area contributed by atoms with E-state index in [4.69, 9.17) is 0 Å². The molecule has 0 aliphatic carbocycles. The molecule has 3 heteroatoms. The smallest absolute Gasteiger partial charge is 0.238 e. The lowest BCUT2D eigenvalue weighted by Crippen LogP contribution is -2.43. The van der Waals surface area contributed by atoms with Gasteiger partial charge < -0.3 is 5.32 Å². The molecule has 0 bridgehead atoms. The molecular weight excluding hydrogens is 272 g/mol. The van der Waals surface area contributed by atoms with E-state index in [-0.39, 0.29) is 5.91 Å². The van der Waals surface area contributed by atoms with E-state index < -0.39 is 0 Å². The molecule has 1 aromatic rings. The summed E-state index contributed by atoms with van der Waals surface area (Å²) in [5, 5.41) is 3.18. The molecular formula is C19H30N2O. The molecule has 0 aromatic heterocycles. The van der Waals surface area contributed by atoms with Gasteiger partial charge in [-0.15, -0.1) is 0 Å². The zero-order chi connectivity index (χ0) is 16.1. The van der Waals surface area contributed by atoms with E-state index in [2.05, 4.69) is 56.1 Å². The standard InChI is InChI=1S/C19H30N2O/c1-5-16-8-7-9-17(6-2)19(16)20-18(22)13-21-11-14(3)10-15(4)12-21/h7-9,14-15H,5-6,10-13H2,1-4H3,(H,20,22). The third-order valence-electron chi connectivity index (χ3n) is 4.57. The number of para-hydroxylation sites is 1. The molecule has 1 heterocycles. The van der Waals surface area contributed by atoms with Gasteiger partial charge in [-0.3, -0.25) is 9.69 Å². The first kappa shape index (κ1) is 17.0. The van der Waals surface area contributed by atoms with Crippen molar-refractivity contribution in [3.05, 3.63) is 29.3 Å². The van der Waals surface area contributed by atoms with Crippen LogP contribution in [0.2, 0.25) is 0 Å². The molecule has 22 heavy (non-hydrogen) atoms. The predicted molar refractivity (Wildman–Crippen MR) is 93.2 cm³/mol. The Balaban J connectivity index is 2.03. The van der Waals surface area contributed by atoms with E-state index in [1.165, 1.54) is 17.5 Å². The van der Waals surface area contributed by atoms with Gasteiger partial charge >= 0.3 is 0 Å². The number of aryl methyl sites for hydroxylation is 2. The van der Waals surface area contributed by atoms with Crippen molar-refractivity contribution < 1.29 is 4.79 Å². The van der Waals surface area contributed by atoms with Gasteiger partial charge in [-0.25, -0.2) is 0 Å². The number of hydrogen-bond donors (Lipinski definition) is 1. The van der Waals surface area contributed by atoms with Crippen molar-refractivity contribution in [2.75, 3.05) is 25.0 Å². The van der Waals surface area contributed by atoms with Crippen molar-refractivity contribution in [1.82, 2.24) is 4.90 Å². The number of carbonyl (C=O) groups is 1. The molecule has 0 radical (unpaired) electrons. The molecule has 1 saturated heterocycles. The van der Waals surface area contributed by atoms with Crippen LogP contribution in [0.4, 0.5) is 5.69 Å². The van der Waals surface area contributed by atoms with Gasteiger partial charge in [-0.2, -0.15) is 0 Å². The summed E-state index contributed by atoms with van der Waals surface area (Å²) in [6.07, 6.45) is 3.17. The third-order valence-corrected chi connectivity index (χ3v) is 4.57. The second kappa shape index (κ2) is 7.77. The highest BCUT2D eigenvalue weighted by molar-refractivity contribution is 5.93. The van der Waals surface area contributed by atoms with Crippen molar-refractivity contribution in [3.63, 3.8) is 0 Å². The summed E-state index contributed by atoms with van der Waals surface area (Å²) in [5.41, 5.74) is 3.50. The fourth-order valence-electron chi connectivity index (χ4n) is 3.71. The highest BCUT2D eigenvalue weighted by Gasteiger charge is 2.23. The van der Waals surface area contributed by atoms with Crippen molar-refractivity contribution in [2.24, 2.45) is 11.8 Å². The first-order valence-corrected chi connectivity index (χ1v) is 8.66. The van der Waals surface area contributed by atoms with Crippen LogP contribution in [-0.2, 0) is 17.6 Å². The zero-order valence-electron chi connectivity index (χ0n) is 14.5. The van der Waals surface area contributed by atoms with Crippen LogP contribution in [0.3, 0.4) is 0 Å². The maximum atomic E-state index is 12.5. The number of amides is 1. The van der Waals surface area contributed by atoms with Crippen molar-refractivity contribution in [1.29, 1.82) is 0 Å². The molecule has 1 aliphatic heterocycles. The van der Waals surface area contributed by atoms with Gasteiger partial charge in [0.1, 0.15) is 0 Å². The molecule has 1 aliphatic rings. The summed E-state index contributed by atoms with van der Waals surface area (Å²) >= 11 is 0. The maximum Gasteiger partial charge on any atom is 0.238 e. The van der Waals surface area contributed by atoms with Crippen molar-refractivity contribution in [3.8, 4) is 0 Å². The predicted octanol–water partition coefficient (Wildman–Crippen LogP) is 3.73. The summed E-state index contributed by atoms with van der Waals surface area (Å²) in [4.78, 5) is 14.8. The molecule has 0 spiro atoms. The van der Waals surface area contributed by atoms with E-state index in [1.807, 2.05) is 0 Å². The number of nitrogens with one attached hydrogen (secondary N) is 1. The van der Waals surface area contributed by atoms with Gasteiger partial charge in [0.05, 0.1) is 6.54 Å². The van der Waals surface area contributed by atoms with Crippen LogP contribution >= 0.6 is 0 Å². The summed E-state index contributed by atoms with van der Waals surface area (Å²) in [6, 6.07) is 6.31. The number of likely N-dealkylation sites (tertiary alicyclic amines) is 1. The minimum Gasteiger partial charge on any atom is -0.324 e. The number of nitrogens with zero attached hydrogens (tertiary/aromatic N) is 1. The number of carbonyl (C=O) groups excluding carboxylic acids is 1. The lowest BCUT2D eigenvalue weighted by atomic mass is 9.92. The molecule has 2 rings (SSSR count). The van der Waals surface area contributed by atoms with E-state index in [0.29, 0.717) is 18.4 Å². The van der Waals surface area contributed by atoms with E-state index in [9.17, 15) is 4.79 Å². The molecule has 0 saturated carbocycles. The van der Waals surface area contributed by atoms with Crippen LogP contribution in [0.15, 0.2) is 18.2 Å². The first-order chi connectivity index (χ1) is 10.5. The Kier molecular flexibility index (Phi) is 6.01. The highest BCUT2D eigenvalue weighted by Crippen LogP contribution is 2.23. The topological polar surface area (TPSA) is 32.3 Å². The van der Waals surface area contributed by atoms with Gasteiger partial charge in [0.15, 0.2) is 0 Å².